The molecule has 2 saturated carbocycles. The second-order valence-electron chi connectivity index (χ2n) is 9.96. The van der Waals surface area contributed by atoms with Crippen LogP contribution in [0.15, 0.2) is 24.3 Å². The lowest BCUT2D eigenvalue weighted by atomic mass is 9.73. The molecule has 3 nitrogen and oxygen atoms in total. The van der Waals surface area contributed by atoms with Crippen molar-refractivity contribution in [2.45, 2.75) is 101 Å². The number of anilines is 2. The standard InChI is InChI=1S/C24H37N3/c25-23-10-3-4-11-24(23)26-19-15-20-8-5-9-21(16-19)27(20)22-13-17-6-1-2-7-18(12-17)14-22/h3-4,10-11,17-22,26H,1-2,5-9,12-16,25H2/t17?,18?,19-,20+,21-,22?. The zero-order valence-electron chi connectivity index (χ0n) is 16.8. The molecular weight excluding hydrogens is 330 g/mol. The van der Waals surface area contributed by atoms with Gasteiger partial charge in [0.15, 0.2) is 0 Å². The summed E-state index contributed by atoms with van der Waals surface area (Å²) in [6.45, 7) is 0. The predicted molar refractivity (Wildman–Crippen MR) is 114 cm³/mol. The Hall–Kier alpha value is -1.22. The van der Waals surface area contributed by atoms with Gasteiger partial charge in [0.2, 0.25) is 0 Å². The number of nitrogens with zero attached hydrogens (tertiary/aromatic N) is 1. The maximum atomic E-state index is 6.19. The normalized spacial score (nSPS) is 39.6. The molecule has 2 aliphatic heterocycles. The lowest BCUT2D eigenvalue weighted by Gasteiger charge is -2.54. The van der Waals surface area contributed by atoms with Crippen molar-refractivity contribution < 1.29 is 0 Å². The van der Waals surface area contributed by atoms with Gasteiger partial charge in [-0.1, -0.05) is 44.2 Å². The van der Waals surface area contributed by atoms with E-state index in [0.29, 0.717) is 6.04 Å². The average Bonchev–Trinajstić information content (AvgIpc) is 2.82. The highest BCUT2D eigenvalue weighted by molar-refractivity contribution is 5.66. The highest BCUT2D eigenvalue weighted by Gasteiger charge is 2.44. The smallest absolute Gasteiger partial charge is 0.0576 e. The number of nitrogens with two attached hydrogens (primary N) is 1. The summed E-state index contributed by atoms with van der Waals surface area (Å²) in [6, 6.07) is 11.3. The Labute approximate surface area is 165 Å². The average molecular weight is 368 g/mol. The number of rotatable bonds is 3. The van der Waals surface area contributed by atoms with Gasteiger partial charge < -0.3 is 11.1 Å². The Balaban J connectivity index is 1.29. The van der Waals surface area contributed by atoms with Gasteiger partial charge in [0.1, 0.15) is 0 Å². The number of hydrogen-bond acceptors (Lipinski definition) is 3. The number of para-hydroxylation sites is 2. The molecular formula is C24H37N3. The zero-order valence-corrected chi connectivity index (χ0v) is 16.8. The van der Waals surface area contributed by atoms with Gasteiger partial charge in [-0.15, -0.1) is 0 Å². The number of hydrogen-bond donors (Lipinski definition) is 2. The molecule has 4 aliphatic rings. The summed E-state index contributed by atoms with van der Waals surface area (Å²) < 4.78 is 0. The summed E-state index contributed by atoms with van der Waals surface area (Å²) in [5.74, 6) is 2.05. The van der Waals surface area contributed by atoms with Crippen molar-refractivity contribution in [3.8, 4) is 0 Å². The van der Waals surface area contributed by atoms with Crippen molar-refractivity contribution in [2.75, 3.05) is 11.1 Å². The van der Waals surface area contributed by atoms with Gasteiger partial charge >= 0.3 is 0 Å². The molecule has 4 fully saturated rings. The van der Waals surface area contributed by atoms with Crippen molar-refractivity contribution in [2.24, 2.45) is 11.8 Å². The molecule has 3 N–H and O–H groups in total. The Bertz CT molecular complexity index is 616. The third-order valence-electron chi connectivity index (χ3n) is 8.13. The molecule has 1 aromatic rings. The highest BCUT2D eigenvalue weighted by Crippen LogP contribution is 2.45. The molecule has 0 spiro atoms. The molecule has 2 unspecified atom stereocenters. The van der Waals surface area contributed by atoms with E-state index in [0.717, 1.165) is 41.3 Å². The minimum absolute atomic E-state index is 0.590. The zero-order chi connectivity index (χ0) is 18.2. The van der Waals surface area contributed by atoms with Crippen molar-refractivity contribution in [1.29, 1.82) is 0 Å². The van der Waals surface area contributed by atoms with E-state index in [1.165, 1.54) is 77.0 Å². The van der Waals surface area contributed by atoms with Gasteiger partial charge in [0.05, 0.1) is 11.4 Å². The van der Waals surface area contributed by atoms with Gasteiger partial charge in [-0.25, -0.2) is 0 Å². The van der Waals surface area contributed by atoms with Crippen LogP contribution in [0.2, 0.25) is 0 Å². The van der Waals surface area contributed by atoms with Gasteiger partial charge in [0, 0.05) is 24.2 Å². The van der Waals surface area contributed by atoms with Crippen LogP contribution in [0.25, 0.3) is 0 Å². The van der Waals surface area contributed by atoms with E-state index >= 15 is 0 Å². The molecule has 0 radical (unpaired) electrons. The second-order valence-corrected chi connectivity index (χ2v) is 9.96. The van der Waals surface area contributed by atoms with E-state index in [1.54, 1.807) is 0 Å². The van der Waals surface area contributed by atoms with Crippen LogP contribution >= 0.6 is 0 Å². The molecule has 2 heterocycles. The molecule has 5 atom stereocenters. The van der Waals surface area contributed by atoms with Crippen LogP contribution in [0.4, 0.5) is 11.4 Å². The Kier molecular flexibility index (Phi) is 5.06. The van der Waals surface area contributed by atoms with E-state index in [1.807, 2.05) is 12.1 Å². The summed E-state index contributed by atoms with van der Waals surface area (Å²) in [5, 5.41) is 3.80. The van der Waals surface area contributed by atoms with Crippen LogP contribution in [-0.4, -0.2) is 29.1 Å². The van der Waals surface area contributed by atoms with E-state index < -0.39 is 0 Å². The van der Waals surface area contributed by atoms with Gasteiger partial charge in [-0.05, 0) is 68.9 Å². The maximum absolute atomic E-state index is 6.19. The van der Waals surface area contributed by atoms with E-state index in [9.17, 15) is 0 Å². The van der Waals surface area contributed by atoms with Crippen molar-refractivity contribution in [1.82, 2.24) is 4.90 Å². The van der Waals surface area contributed by atoms with Gasteiger partial charge in [0.25, 0.3) is 0 Å². The fraction of sp³-hybridized carbons (Fsp3) is 0.750. The second kappa shape index (κ2) is 7.66. The highest BCUT2D eigenvalue weighted by atomic mass is 15.2. The van der Waals surface area contributed by atoms with E-state index in [2.05, 4.69) is 22.3 Å². The molecule has 0 amide bonds. The minimum atomic E-state index is 0.590. The van der Waals surface area contributed by atoms with E-state index in [-0.39, 0.29) is 0 Å². The van der Waals surface area contributed by atoms with Gasteiger partial charge in [-0.2, -0.15) is 0 Å². The quantitative estimate of drug-likeness (QED) is 0.700. The molecule has 3 heteroatoms. The van der Waals surface area contributed by atoms with Crippen LogP contribution in [0, 0.1) is 11.8 Å². The van der Waals surface area contributed by atoms with Crippen LogP contribution in [-0.2, 0) is 0 Å². The first-order chi connectivity index (χ1) is 13.3. The monoisotopic (exact) mass is 367 g/mol. The number of fused-ring (bicyclic) bond motifs is 4. The number of piperidine rings is 2. The predicted octanol–water partition coefficient (Wildman–Crippen LogP) is 5.43. The number of nitrogens with one attached hydrogen (secondary N) is 1. The van der Waals surface area contributed by atoms with Crippen LogP contribution < -0.4 is 11.1 Å². The fourth-order valence-corrected chi connectivity index (χ4v) is 7.09. The van der Waals surface area contributed by atoms with Crippen molar-refractivity contribution in [3.63, 3.8) is 0 Å². The van der Waals surface area contributed by atoms with Crippen molar-refractivity contribution >= 4 is 11.4 Å². The number of nitrogen functional groups attached to an aromatic ring is 1. The molecule has 0 aromatic heterocycles. The molecule has 148 valence electrons. The molecule has 5 rings (SSSR count). The van der Waals surface area contributed by atoms with Gasteiger partial charge in [-0.3, -0.25) is 4.90 Å². The first kappa shape index (κ1) is 17.8. The summed E-state index contributed by atoms with van der Waals surface area (Å²) >= 11 is 0. The van der Waals surface area contributed by atoms with Crippen LogP contribution in [0.3, 0.4) is 0 Å². The molecule has 4 bridgehead atoms. The molecule has 27 heavy (non-hydrogen) atoms. The fourth-order valence-electron chi connectivity index (χ4n) is 7.09. The Morgan fingerprint density at radius 1 is 0.741 bits per heavy atom. The number of benzene rings is 1. The topological polar surface area (TPSA) is 41.3 Å². The Morgan fingerprint density at radius 3 is 2.07 bits per heavy atom. The largest absolute Gasteiger partial charge is 0.397 e. The summed E-state index contributed by atoms with van der Waals surface area (Å²) in [4.78, 5) is 3.04. The summed E-state index contributed by atoms with van der Waals surface area (Å²) in [6.07, 6.45) is 17.4. The maximum Gasteiger partial charge on any atom is 0.0576 e. The lowest BCUT2D eigenvalue weighted by molar-refractivity contribution is -0.0307. The SMILES string of the molecule is Nc1ccccc1N[C@H]1C[C@H]2CCC[C@@H](C1)N2C1CC2CCCCC(C2)C1. The first-order valence-corrected chi connectivity index (χ1v) is 11.6. The third-order valence-corrected chi connectivity index (χ3v) is 8.13. The minimum Gasteiger partial charge on any atom is -0.397 e. The van der Waals surface area contributed by atoms with Crippen LogP contribution in [0.5, 0.6) is 0 Å². The van der Waals surface area contributed by atoms with Crippen LogP contribution in [0.1, 0.15) is 77.0 Å². The summed E-state index contributed by atoms with van der Waals surface area (Å²) in [5.41, 5.74) is 8.22. The molecule has 1 aromatic carbocycles. The van der Waals surface area contributed by atoms with Crippen molar-refractivity contribution in [3.05, 3.63) is 24.3 Å². The molecule has 2 saturated heterocycles. The molecule has 2 aliphatic carbocycles. The lowest BCUT2D eigenvalue weighted by Crippen LogP contribution is -2.59. The third kappa shape index (κ3) is 3.72. The summed E-state index contributed by atoms with van der Waals surface area (Å²) in [7, 11) is 0. The first-order valence-electron chi connectivity index (χ1n) is 11.6. The Morgan fingerprint density at radius 2 is 1.41 bits per heavy atom. The van der Waals surface area contributed by atoms with E-state index in [4.69, 9.17) is 5.73 Å².